The fraction of sp³-hybridized carbons (Fsp3) is 0.276. The number of aromatic hydroxyl groups is 1. The van der Waals surface area contributed by atoms with Crippen molar-refractivity contribution in [1.82, 2.24) is 5.32 Å². The van der Waals surface area contributed by atoms with Crippen LogP contribution < -0.4 is 16.1 Å². The van der Waals surface area contributed by atoms with Crippen molar-refractivity contribution >= 4 is 40.0 Å². The van der Waals surface area contributed by atoms with Crippen LogP contribution in [0.15, 0.2) is 63.8 Å². The minimum absolute atomic E-state index is 0.0399. The summed E-state index contributed by atoms with van der Waals surface area (Å²) in [6.45, 7) is 1.78. The third kappa shape index (κ3) is 5.92. The van der Waals surface area contributed by atoms with Gasteiger partial charge in [0.25, 0.3) is 0 Å². The van der Waals surface area contributed by atoms with Crippen LogP contribution in [0.5, 0.6) is 5.75 Å². The van der Waals surface area contributed by atoms with Gasteiger partial charge in [-0.15, -0.1) is 0 Å². The monoisotopic (exact) mass is 596 g/mol. The molecule has 0 amide bonds. The average Bonchev–Trinajstić information content (AvgIpc) is 2.95. The molecule has 1 fully saturated rings. The van der Waals surface area contributed by atoms with Crippen molar-refractivity contribution in [2.24, 2.45) is 0 Å². The molecule has 13 heteroatoms. The number of anilines is 1. The number of aromatic carboxylic acids is 1. The number of nitrogens with one attached hydrogen (secondary N) is 2. The number of carbonyl (C=O) groups is 1. The van der Waals surface area contributed by atoms with Crippen molar-refractivity contribution in [3.05, 3.63) is 70.4 Å². The Morgan fingerprint density at radius 2 is 1.76 bits per heavy atom. The van der Waals surface area contributed by atoms with Gasteiger partial charge in [0.2, 0.25) is 0 Å². The number of hydrogen-bond acceptors (Lipinski definition) is 10. The lowest BCUT2D eigenvalue weighted by Gasteiger charge is -2.38. The van der Waals surface area contributed by atoms with Gasteiger partial charge in [-0.3, -0.25) is 4.79 Å². The van der Waals surface area contributed by atoms with Gasteiger partial charge in [0.05, 0.1) is 18.3 Å². The first kappa shape index (κ1) is 29.4. The topological polar surface area (TPSA) is 191 Å². The standard InChI is InChI=1S/C29H28N2O10S/c1-13-24(34)25(35)26(36)28(40-13)39-9-8-30-29(42)31-14-2-5-17(20(10-14)27(37)38)23-18-6-3-15(32)11-21(18)41-22-12-16(33)4-7-19(22)23/h2-7,10-13,24-26,28,32,34-36H,8-9H2,1H3,(H,37,38)(H2,30,31,42)/t13?,24-,25+,26?,28-/m1/s1. The maximum Gasteiger partial charge on any atom is 0.336 e. The Morgan fingerprint density at radius 3 is 2.52 bits per heavy atom. The first-order valence-electron chi connectivity index (χ1n) is 13.0. The summed E-state index contributed by atoms with van der Waals surface area (Å²) in [6.07, 6.45) is -5.92. The third-order valence-corrected chi connectivity index (χ3v) is 7.18. The van der Waals surface area contributed by atoms with E-state index in [2.05, 4.69) is 10.6 Å². The summed E-state index contributed by atoms with van der Waals surface area (Å²) in [4.78, 5) is 24.4. The molecule has 0 spiro atoms. The van der Waals surface area contributed by atoms with Crippen LogP contribution in [0, 0.1) is 0 Å². The van der Waals surface area contributed by atoms with Gasteiger partial charge >= 0.3 is 5.97 Å². The number of ether oxygens (including phenoxy) is 2. The zero-order chi connectivity index (χ0) is 30.1. The van der Waals surface area contributed by atoms with Crippen LogP contribution in [0.25, 0.3) is 33.4 Å². The quantitative estimate of drug-likeness (QED) is 0.0933. The molecule has 2 heterocycles. The molecule has 2 aromatic carbocycles. The Bertz CT molecular complexity index is 1670. The number of rotatable bonds is 7. The van der Waals surface area contributed by atoms with E-state index in [9.17, 15) is 35.1 Å². The van der Waals surface area contributed by atoms with Crippen molar-refractivity contribution in [2.45, 2.75) is 37.6 Å². The normalized spacial score (nSPS) is 22.2. The first-order chi connectivity index (χ1) is 20.0. The number of carboxylic acid groups (broad SMARTS) is 1. The van der Waals surface area contributed by atoms with Crippen LogP contribution in [-0.2, 0) is 9.47 Å². The summed E-state index contributed by atoms with van der Waals surface area (Å²) >= 11 is 5.32. The van der Waals surface area contributed by atoms with E-state index in [0.717, 1.165) is 0 Å². The second kappa shape index (κ2) is 12.0. The number of aliphatic hydroxyl groups excluding tert-OH is 3. The maximum atomic E-state index is 12.4. The summed E-state index contributed by atoms with van der Waals surface area (Å²) in [5.74, 6) is -1.00. The lowest BCUT2D eigenvalue weighted by molar-refractivity contribution is -0.292. The molecule has 12 nitrogen and oxygen atoms in total. The highest BCUT2D eigenvalue weighted by Crippen LogP contribution is 2.42. The summed E-state index contributed by atoms with van der Waals surface area (Å²) in [7, 11) is 0. The number of aliphatic hydroxyl groups is 3. The van der Waals surface area contributed by atoms with Crippen LogP contribution in [0.3, 0.4) is 0 Å². The number of thiocarbonyl (C=S) groups is 1. The first-order valence-corrected chi connectivity index (χ1v) is 13.4. The van der Waals surface area contributed by atoms with E-state index >= 15 is 0 Å². The molecule has 7 N–H and O–H groups in total. The van der Waals surface area contributed by atoms with E-state index < -0.39 is 36.7 Å². The minimum atomic E-state index is -1.42. The second-order valence-corrected chi connectivity index (χ2v) is 10.2. The van der Waals surface area contributed by atoms with E-state index in [1.165, 1.54) is 30.3 Å². The molecule has 5 atom stereocenters. The van der Waals surface area contributed by atoms with Gasteiger partial charge in [0, 0.05) is 40.9 Å². The SMILES string of the molecule is CC1O[C@@H](OCCNC(=S)Nc2ccc(-c3c4ccc(=O)cc-4oc4cc(O)ccc34)c(C(=O)O)c2)C(O)[C@@H](O)[C@@H]1O. The average molecular weight is 597 g/mol. The summed E-state index contributed by atoms with van der Waals surface area (Å²) < 4.78 is 16.7. The van der Waals surface area contributed by atoms with E-state index in [-0.39, 0.29) is 46.3 Å². The predicted molar refractivity (Wildman–Crippen MR) is 156 cm³/mol. The number of hydrogen-bond donors (Lipinski definition) is 7. The Balaban J connectivity index is 1.33. The molecule has 0 bridgehead atoms. The smallest absolute Gasteiger partial charge is 0.336 e. The number of phenolic OH excluding ortho intramolecular Hbond substituents is 1. The predicted octanol–water partition coefficient (Wildman–Crippen LogP) is 2.10. The van der Waals surface area contributed by atoms with E-state index in [1.54, 1.807) is 31.2 Å². The van der Waals surface area contributed by atoms with Crippen molar-refractivity contribution < 1.29 is 44.2 Å². The molecule has 42 heavy (non-hydrogen) atoms. The summed E-state index contributed by atoms with van der Waals surface area (Å²) in [5.41, 5.74) is 1.75. The molecule has 2 unspecified atom stereocenters. The highest BCUT2D eigenvalue weighted by atomic mass is 32.1. The molecular formula is C29H28N2O10S. The lowest BCUT2D eigenvalue weighted by atomic mass is 9.90. The van der Waals surface area contributed by atoms with Crippen molar-refractivity contribution in [3.63, 3.8) is 0 Å². The zero-order valence-electron chi connectivity index (χ0n) is 22.2. The van der Waals surface area contributed by atoms with Crippen LogP contribution in [0.2, 0.25) is 0 Å². The number of phenols is 1. The molecular weight excluding hydrogens is 568 g/mol. The molecule has 1 saturated heterocycles. The van der Waals surface area contributed by atoms with E-state index in [0.29, 0.717) is 27.8 Å². The zero-order valence-corrected chi connectivity index (χ0v) is 23.0. The number of fused-ring (bicyclic) bond motifs is 2. The van der Waals surface area contributed by atoms with Crippen LogP contribution in [-0.4, -0.2) is 80.5 Å². The fourth-order valence-electron chi connectivity index (χ4n) is 4.83. The Kier molecular flexibility index (Phi) is 8.41. The molecule has 2 aliphatic heterocycles. The highest BCUT2D eigenvalue weighted by molar-refractivity contribution is 7.80. The molecule has 0 aromatic heterocycles. The second-order valence-electron chi connectivity index (χ2n) is 9.81. The van der Waals surface area contributed by atoms with Gasteiger partial charge < -0.3 is 50.1 Å². The Morgan fingerprint density at radius 1 is 1.00 bits per heavy atom. The van der Waals surface area contributed by atoms with Gasteiger partial charge in [-0.05, 0) is 61.1 Å². The molecule has 0 saturated carbocycles. The minimum Gasteiger partial charge on any atom is -0.508 e. The third-order valence-electron chi connectivity index (χ3n) is 6.93. The largest absolute Gasteiger partial charge is 0.508 e. The van der Waals surface area contributed by atoms with E-state index in [4.69, 9.17) is 26.1 Å². The molecule has 5 rings (SSSR count). The highest BCUT2D eigenvalue weighted by Gasteiger charge is 2.42. The van der Waals surface area contributed by atoms with Gasteiger partial charge in [-0.25, -0.2) is 4.79 Å². The number of benzene rings is 3. The number of carboxylic acids is 1. The van der Waals surface area contributed by atoms with Crippen LogP contribution in [0.1, 0.15) is 17.3 Å². The van der Waals surface area contributed by atoms with Gasteiger partial charge in [-0.2, -0.15) is 0 Å². The van der Waals surface area contributed by atoms with Gasteiger partial charge in [0.15, 0.2) is 16.8 Å². The van der Waals surface area contributed by atoms with Crippen molar-refractivity contribution in [2.75, 3.05) is 18.5 Å². The fourth-order valence-corrected chi connectivity index (χ4v) is 5.05. The Labute approximate surface area is 244 Å². The molecule has 2 aromatic rings. The van der Waals surface area contributed by atoms with Gasteiger partial charge in [0.1, 0.15) is 35.4 Å². The lowest BCUT2D eigenvalue weighted by Crippen LogP contribution is -2.57. The summed E-state index contributed by atoms with van der Waals surface area (Å²) in [5, 5.41) is 56.4. The maximum absolute atomic E-state index is 12.4. The van der Waals surface area contributed by atoms with E-state index in [1.807, 2.05) is 0 Å². The molecule has 3 aliphatic rings. The molecule has 1 aliphatic carbocycles. The van der Waals surface area contributed by atoms with Crippen molar-refractivity contribution in [1.29, 1.82) is 0 Å². The Hall–Kier alpha value is -4.11. The molecule has 0 radical (unpaired) electrons. The summed E-state index contributed by atoms with van der Waals surface area (Å²) in [6, 6.07) is 13.4. The molecule has 220 valence electrons. The van der Waals surface area contributed by atoms with Gasteiger partial charge in [-0.1, -0.05) is 6.07 Å². The van der Waals surface area contributed by atoms with Crippen LogP contribution >= 0.6 is 12.2 Å². The van der Waals surface area contributed by atoms with Crippen molar-refractivity contribution in [3.8, 4) is 28.2 Å². The van der Waals surface area contributed by atoms with Crippen LogP contribution in [0.4, 0.5) is 5.69 Å².